The maximum atomic E-state index is 9.62. The van der Waals surface area contributed by atoms with Crippen LogP contribution in [0.4, 0.5) is 0 Å². The molecule has 0 radical (unpaired) electrons. The Labute approximate surface area is 317 Å². The Hall–Kier alpha value is -6.33. The van der Waals surface area contributed by atoms with Crippen LogP contribution in [0.2, 0.25) is 5.02 Å². The zero-order chi connectivity index (χ0) is 36.1. The molecule has 1 nitrogen and oxygen atoms in total. The van der Waals surface area contributed by atoms with Crippen LogP contribution in [-0.2, 0) is 0 Å². The third-order valence-corrected chi connectivity index (χ3v) is 11.5. The fourth-order valence-corrected chi connectivity index (χ4v) is 8.93. The minimum absolute atomic E-state index is 0.652. The van der Waals surface area contributed by atoms with Gasteiger partial charge in [-0.15, -0.1) is 0 Å². The fraction of sp³-hybridized carbons (Fsp3) is 0. The van der Waals surface area contributed by atoms with Crippen molar-refractivity contribution in [1.82, 2.24) is 0 Å². The highest BCUT2D eigenvalue weighted by Gasteiger charge is 2.33. The van der Waals surface area contributed by atoms with Gasteiger partial charge < -0.3 is 0 Å². The first-order valence-electron chi connectivity index (χ1n) is 18.2. The average molecular weight is 696 g/mol. The first-order valence-corrected chi connectivity index (χ1v) is 18.5. The molecule has 0 bridgehead atoms. The number of nitrogens with zero attached hydrogens (tertiary/aromatic N) is 1. The molecule has 8 rings (SSSR count). The predicted octanol–water partition coefficient (Wildman–Crippen LogP) is 6.63. The fourth-order valence-electron chi connectivity index (χ4n) is 8.80. The summed E-state index contributed by atoms with van der Waals surface area (Å²) in [5, 5.41) is 10.3. The molecule has 8 aromatic rings. The SMILES string of the molecule is N#Cc1ccc([B-](c2ccccc2)(c2ccccc2)c2ccc(-c3ccc([B-](c4ccccc4)(c4ccccc4)c4ccc(Cl)cc4)cc3)cc2)cc1. The van der Waals surface area contributed by atoms with Gasteiger partial charge in [-0.3, -0.25) is 0 Å². The van der Waals surface area contributed by atoms with Gasteiger partial charge in [0.15, 0.2) is 0 Å². The van der Waals surface area contributed by atoms with Crippen molar-refractivity contribution in [2.45, 2.75) is 0 Å². The van der Waals surface area contributed by atoms with E-state index >= 15 is 0 Å². The van der Waals surface area contributed by atoms with E-state index in [0.29, 0.717) is 5.56 Å². The second-order valence-corrected chi connectivity index (χ2v) is 14.3. The molecule has 0 N–H and O–H groups in total. The Morgan fingerprint density at radius 1 is 0.302 bits per heavy atom. The standard InChI is InChI=1S/C49H36B2ClN/c52-49-35-33-48(34-36-49)51(43-17-9-3-10-18-43,44-19-11-4-12-20-44)47-31-25-40(26-32-47)39-23-29-46(30-24-39)50(41-13-5-1-6-14-41,42-15-7-2-8-16-42)45-27-21-38(37-53)22-28-45/h1-36H/q-2. The van der Waals surface area contributed by atoms with Crippen molar-refractivity contribution < 1.29 is 0 Å². The van der Waals surface area contributed by atoms with Crippen molar-refractivity contribution in [3.8, 4) is 17.2 Å². The first-order chi connectivity index (χ1) is 26.1. The van der Waals surface area contributed by atoms with Gasteiger partial charge in [-0.25, -0.2) is 0 Å². The van der Waals surface area contributed by atoms with Crippen LogP contribution < -0.4 is 43.7 Å². The van der Waals surface area contributed by atoms with E-state index in [1.807, 2.05) is 24.3 Å². The molecule has 4 heteroatoms. The van der Waals surface area contributed by atoms with Gasteiger partial charge in [-0.1, -0.05) is 206 Å². The summed E-state index contributed by atoms with van der Waals surface area (Å²) in [7, 11) is 0. The third kappa shape index (κ3) is 6.08. The topological polar surface area (TPSA) is 23.8 Å². The third-order valence-electron chi connectivity index (χ3n) is 11.3. The Morgan fingerprint density at radius 3 is 0.830 bits per heavy atom. The van der Waals surface area contributed by atoms with E-state index in [-0.39, 0.29) is 0 Å². The van der Waals surface area contributed by atoms with Crippen molar-refractivity contribution >= 4 is 67.6 Å². The summed E-state index contributed by atoms with van der Waals surface area (Å²) in [5.74, 6) is 0. The Morgan fingerprint density at radius 2 is 0.547 bits per heavy atom. The van der Waals surface area contributed by atoms with Crippen LogP contribution in [-0.4, -0.2) is 12.3 Å². The van der Waals surface area contributed by atoms with Crippen molar-refractivity contribution in [2.24, 2.45) is 0 Å². The molecule has 53 heavy (non-hydrogen) atoms. The normalized spacial score (nSPS) is 11.5. The highest BCUT2D eigenvalue weighted by Crippen LogP contribution is 2.21. The van der Waals surface area contributed by atoms with E-state index in [4.69, 9.17) is 11.6 Å². The van der Waals surface area contributed by atoms with Gasteiger partial charge in [0.2, 0.25) is 0 Å². The molecule has 0 aromatic heterocycles. The highest BCUT2D eigenvalue weighted by molar-refractivity contribution is 7.20. The second kappa shape index (κ2) is 14.7. The van der Waals surface area contributed by atoms with Crippen LogP contribution in [0.5, 0.6) is 0 Å². The van der Waals surface area contributed by atoms with E-state index in [0.717, 1.165) is 16.1 Å². The molecule has 0 aliphatic carbocycles. The maximum Gasteiger partial charge on any atom is 0.108 e. The molecule has 0 atom stereocenters. The van der Waals surface area contributed by atoms with Gasteiger partial charge >= 0.3 is 0 Å². The second-order valence-electron chi connectivity index (χ2n) is 13.9. The lowest BCUT2D eigenvalue weighted by Gasteiger charge is -2.44. The molecule has 0 saturated carbocycles. The van der Waals surface area contributed by atoms with E-state index in [2.05, 4.69) is 200 Å². The minimum Gasteiger partial charge on any atom is -0.195 e. The number of nitriles is 1. The Bertz CT molecular complexity index is 2380. The van der Waals surface area contributed by atoms with Gasteiger partial charge in [0.1, 0.15) is 12.3 Å². The molecule has 8 aromatic carbocycles. The zero-order valence-electron chi connectivity index (χ0n) is 29.3. The highest BCUT2D eigenvalue weighted by atomic mass is 35.5. The lowest BCUT2D eigenvalue weighted by Crippen LogP contribution is -2.74. The summed E-state index contributed by atoms with van der Waals surface area (Å²) >= 11 is 6.44. The number of hydrogen-bond acceptors (Lipinski definition) is 1. The monoisotopic (exact) mass is 695 g/mol. The van der Waals surface area contributed by atoms with Gasteiger partial charge in [-0.05, 0) is 35.4 Å². The van der Waals surface area contributed by atoms with Gasteiger partial charge in [-0.2, -0.15) is 49.0 Å². The van der Waals surface area contributed by atoms with E-state index in [1.165, 1.54) is 43.7 Å². The lowest BCUT2D eigenvalue weighted by atomic mass is 9.13. The molecule has 0 aliphatic heterocycles. The number of halogens is 1. The molecule has 0 aliphatic rings. The maximum absolute atomic E-state index is 9.62. The quantitative estimate of drug-likeness (QED) is 0.156. The molecule has 0 fully saturated rings. The first kappa shape index (κ1) is 33.8. The van der Waals surface area contributed by atoms with Crippen molar-refractivity contribution in [3.63, 3.8) is 0 Å². The van der Waals surface area contributed by atoms with Crippen LogP contribution in [0.3, 0.4) is 0 Å². The van der Waals surface area contributed by atoms with Gasteiger partial charge in [0.05, 0.1) is 11.6 Å². The van der Waals surface area contributed by atoms with Crippen LogP contribution in [0.1, 0.15) is 5.56 Å². The van der Waals surface area contributed by atoms with Crippen molar-refractivity contribution in [1.29, 1.82) is 5.26 Å². The molecule has 0 spiro atoms. The molecule has 0 heterocycles. The molecular weight excluding hydrogens is 660 g/mol. The molecule has 0 saturated heterocycles. The summed E-state index contributed by atoms with van der Waals surface area (Å²) in [6, 6.07) is 80.2. The summed E-state index contributed by atoms with van der Waals surface area (Å²) in [6.45, 7) is 0. The lowest BCUT2D eigenvalue weighted by molar-refractivity contribution is 1.49. The molecular formula is C49H36B2ClN-2. The average Bonchev–Trinajstić information content (AvgIpc) is 3.24. The van der Waals surface area contributed by atoms with Crippen LogP contribution in [0.15, 0.2) is 218 Å². The Balaban J connectivity index is 1.26. The molecule has 0 amide bonds. The van der Waals surface area contributed by atoms with E-state index in [9.17, 15) is 5.26 Å². The summed E-state index contributed by atoms with van der Waals surface area (Å²) in [5.41, 5.74) is 12.7. The number of rotatable bonds is 9. The summed E-state index contributed by atoms with van der Waals surface area (Å²) in [4.78, 5) is 0. The van der Waals surface area contributed by atoms with Crippen molar-refractivity contribution in [3.05, 3.63) is 229 Å². The van der Waals surface area contributed by atoms with Gasteiger partial charge in [0, 0.05) is 5.02 Å². The Kier molecular flexibility index (Phi) is 9.39. The smallest absolute Gasteiger partial charge is 0.108 e. The minimum atomic E-state index is -1.55. The molecule has 0 unspecified atom stereocenters. The largest absolute Gasteiger partial charge is 0.195 e. The predicted molar refractivity (Wildman–Crippen MR) is 229 cm³/mol. The summed E-state index contributed by atoms with van der Waals surface area (Å²) < 4.78 is 0. The van der Waals surface area contributed by atoms with Gasteiger partial charge in [0.25, 0.3) is 0 Å². The van der Waals surface area contributed by atoms with Crippen LogP contribution in [0, 0.1) is 11.3 Å². The van der Waals surface area contributed by atoms with E-state index < -0.39 is 12.3 Å². The van der Waals surface area contributed by atoms with Crippen LogP contribution in [0.25, 0.3) is 11.1 Å². The molecule has 252 valence electrons. The number of benzene rings is 8. The van der Waals surface area contributed by atoms with Crippen LogP contribution >= 0.6 is 11.6 Å². The van der Waals surface area contributed by atoms with E-state index in [1.54, 1.807) is 0 Å². The zero-order valence-corrected chi connectivity index (χ0v) is 30.0. The summed E-state index contributed by atoms with van der Waals surface area (Å²) in [6.07, 6.45) is -3.06. The van der Waals surface area contributed by atoms with Crippen molar-refractivity contribution in [2.75, 3.05) is 0 Å². The number of hydrogen-bond donors (Lipinski definition) is 0.